The molecule has 0 atom stereocenters. The van der Waals surface area contributed by atoms with E-state index in [0.29, 0.717) is 0 Å². The highest BCUT2D eigenvalue weighted by atomic mass is 15.2. The number of hydrogen-bond acceptors (Lipinski definition) is 1. The first-order valence-corrected chi connectivity index (χ1v) is 13.5. The van der Waals surface area contributed by atoms with Crippen molar-refractivity contribution < 1.29 is 4.58 Å². The zero-order chi connectivity index (χ0) is 26.6. The number of nitrogens with zero attached hydrogens (tertiary/aromatic N) is 3. The van der Waals surface area contributed by atoms with Crippen molar-refractivity contribution >= 4 is 23.0 Å². The van der Waals surface area contributed by atoms with Gasteiger partial charge in [0.05, 0.1) is 17.7 Å². The highest BCUT2D eigenvalue weighted by molar-refractivity contribution is 6.25. The van der Waals surface area contributed by atoms with Crippen LogP contribution in [0.15, 0.2) is 138 Å². The van der Waals surface area contributed by atoms with Crippen LogP contribution >= 0.6 is 0 Å². The van der Waals surface area contributed by atoms with Crippen molar-refractivity contribution in [3.8, 4) is 0 Å². The van der Waals surface area contributed by atoms with Crippen LogP contribution < -0.4 is 4.90 Å². The van der Waals surface area contributed by atoms with E-state index in [9.17, 15) is 0 Å². The van der Waals surface area contributed by atoms with E-state index in [4.69, 9.17) is 4.99 Å². The summed E-state index contributed by atoms with van der Waals surface area (Å²) in [7, 11) is 0. The SMILES string of the molecule is Cc1cccc(N(Cc2ccccc2)C2=NC(=[N+](Cc3ccccc3)c3cccc(C)c3)c3ccccc32)c1. The van der Waals surface area contributed by atoms with Crippen LogP contribution in [0.4, 0.5) is 11.4 Å². The Morgan fingerprint density at radius 1 is 0.590 bits per heavy atom. The second-order valence-corrected chi connectivity index (χ2v) is 10.1. The lowest BCUT2D eigenvalue weighted by Gasteiger charge is -2.23. The molecule has 0 radical (unpaired) electrons. The summed E-state index contributed by atoms with van der Waals surface area (Å²) in [5.74, 6) is 1.95. The van der Waals surface area contributed by atoms with Gasteiger partial charge < -0.3 is 4.90 Å². The van der Waals surface area contributed by atoms with Gasteiger partial charge in [0, 0.05) is 5.69 Å². The number of amidine groups is 2. The molecule has 3 heteroatoms. The molecule has 190 valence electrons. The summed E-state index contributed by atoms with van der Waals surface area (Å²) in [6.07, 6.45) is 0. The van der Waals surface area contributed by atoms with Gasteiger partial charge in [0.2, 0.25) is 0 Å². The van der Waals surface area contributed by atoms with Crippen LogP contribution in [0, 0.1) is 13.8 Å². The number of rotatable bonds is 6. The first-order valence-electron chi connectivity index (χ1n) is 13.5. The fourth-order valence-electron chi connectivity index (χ4n) is 5.21. The van der Waals surface area contributed by atoms with E-state index < -0.39 is 0 Å². The van der Waals surface area contributed by atoms with E-state index in [2.05, 4.69) is 157 Å². The summed E-state index contributed by atoms with van der Waals surface area (Å²) < 4.78 is 2.35. The maximum absolute atomic E-state index is 5.45. The Labute approximate surface area is 231 Å². The van der Waals surface area contributed by atoms with E-state index in [-0.39, 0.29) is 0 Å². The molecule has 0 saturated carbocycles. The maximum Gasteiger partial charge on any atom is 0.334 e. The van der Waals surface area contributed by atoms with Crippen molar-refractivity contribution in [2.45, 2.75) is 26.9 Å². The normalized spacial score (nSPS) is 13.5. The molecule has 5 aromatic rings. The topological polar surface area (TPSA) is 18.6 Å². The zero-order valence-electron chi connectivity index (χ0n) is 22.5. The van der Waals surface area contributed by atoms with Crippen LogP contribution in [0.1, 0.15) is 33.4 Å². The van der Waals surface area contributed by atoms with Crippen LogP contribution in [0.5, 0.6) is 0 Å². The van der Waals surface area contributed by atoms with Crippen molar-refractivity contribution in [2.75, 3.05) is 4.90 Å². The van der Waals surface area contributed by atoms with Crippen molar-refractivity contribution in [3.05, 3.63) is 167 Å². The Morgan fingerprint density at radius 3 is 1.90 bits per heavy atom. The van der Waals surface area contributed by atoms with Gasteiger partial charge in [-0.05, 0) is 77.5 Å². The smallest absolute Gasteiger partial charge is 0.301 e. The van der Waals surface area contributed by atoms with Gasteiger partial charge in [-0.3, -0.25) is 0 Å². The van der Waals surface area contributed by atoms with Crippen molar-refractivity contribution in [1.82, 2.24) is 0 Å². The molecule has 0 aliphatic carbocycles. The Balaban J connectivity index is 1.57. The number of aryl methyl sites for hydroxylation is 2. The highest BCUT2D eigenvalue weighted by Crippen LogP contribution is 2.30. The van der Waals surface area contributed by atoms with E-state index in [1.165, 1.54) is 22.3 Å². The molecular formula is C36H32N3+. The molecule has 0 bridgehead atoms. The summed E-state index contributed by atoms with van der Waals surface area (Å²) in [5.41, 5.74) is 9.52. The van der Waals surface area contributed by atoms with Gasteiger partial charge in [-0.1, -0.05) is 97.1 Å². The minimum absolute atomic E-state index is 0.730. The van der Waals surface area contributed by atoms with E-state index in [0.717, 1.165) is 47.3 Å². The number of hydrogen-bond donors (Lipinski definition) is 0. The summed E-state index contributed by atoms with van der Waals surface area (Å²) in [6, 6.07) is 47.3. The molecule has 3 nitrogen and oxygen atoms in total. The fraction of sp³-hybridized carbons (Fsp3) is 0.111. The highest BCUT2D eigenvalue weighted by Gasteiger charge is 2.36. The Hall–Kier alpha value is -4.76. The minimum atomic E-state index is 0.730. The summed E-state index contributed by atoms with van der Waals surface area (Å²) in [6.45, 7) is 5.75. The molecule has 39 heavy (non-hydrogen) atoms. The monoisotopic (exact) mass is 506 g/mol. The van der Waals surface area contributed by atoms with Crippen LogP contribution in [0.2, 0.25) is 0 Å². The largest absolute Gasteiger partial charge is 0.334 e. The van der Waals surface area contributed by atoms with Gasteiger partial charge in [0.25, 0.3) is 5.84 Å². The molecule has 1 aliphatic heterocycles. The van der Waals surface area contributed by atoms with Crippen LogP contribution in [0.25, 0.3) is 0 Å². The molecule has 0 aromatic heterocycles. The lowest BCUT2D eigenvalue weighted by Crippen LogP contribution is -2.30. The summed E-state index contributed by atoms with van der Waals surface area (Å²) >= 11 is 0. The summed E-state index contributed by atoms with van der Waals surface area (Å²) in [4.78, 5) is 7.80. The van der Waals surface area contributed by atoms with Crippen molar-refractivity contribution in [2.24, 2.45) is 4.99 Å². The third-order valence-electron chi connectivity index (χ3n) is 7.13. The molecule has 6 rings (SSSR count). The number of aliphatic imine (C=N–C) groups is 1. The molecule has 1 aliphatic rings. The molecule has 5 aromatic carbocycles. The molecule has 0 fully saturated rings. The van der Waals surface area contributed by atoms with Crippen LogP contribution in [0.3, 0.4) is 0 Å². The number of benzene rings is 5. The molecule has 0 unspecified atom stereocenters. The van der Waals surface area contributed by atoms with Gasteiger partial charge in [-0.25, -0.2) is 4.58 Å². The lowest BCUT2D eigenvalue weighted by molar-refractivity contribution is -0.458. The third-order valence-corrected chi connectivity index (χ3v) is 7.13. The van der Waals surface area contributed by atoms with Gasteiger partial charge in [0.15, 0.2) is 0 Å². The van der Waals surface area contributed by atoms with Gasteiger partial charge in [-0.2, -0.15) is 0 Å². The van der Waals surface area contributed by atoms with Gasteiger partial charge >= 0.3 is 5.84 Å². The molecule has 0 amide bonds. The quantitative estimate of drug-likeness (QED) is 0.213. The van der Waals surface area contributed by atoms with Crippen molar-refractivity contribution in [3.63, 3.8) is 0 Å². The summed E-state index contributed by atoms with van der Waals surface area (Å²) in [5, 5.41) is 0. The van der Waals surface area contributed by atoms with Crippen LogP contribution in [-0.2, 0) is 13.1 Å². The fourth-order valence-corrected chi connectivity index (χ4v) is 5.21. The van der Waals surface area contributed by atoms with Crippen LogP contribution in [-0.4, -0.2) is 16.2 Å². The van der Waals surface area contributed by atoms with E-state index >= 15 is 0 Å². The molecule has 1 heterocycles. The predicted molar refractivity (Wildman–Crippen MR) is 162 cm³/mol. The second kappa shape index (κ2) is 10.9. The first-order chi connectivity index (χ1) is 19.2. The zero-order valence-corrected chi connectivity index (χ0v) is 22.5. The Morgan fingerprint density at radius 2 is 1.21 bits per heavy atom. The minimum Gasteiger partial charge on any atom is -0.301 e. The Bertz CT molecular complexity index is 1670. The van der Waals surface area contributed by atoms with Gasteiger partial charge in [0.1, 0.15) is 12.2 Å². The van der Waals surface area contributed by atoms with Gasteiger partial charge in [-0.15, -0.1) is 0 Å². The number of fused-ring (bicyclic) bond motifs is 1. The molecule has 0 saturated heterocycles. The number of anilines is 1. The molecular weight excluding hydrogens is 474 g/mol. The first kappa shape index (κ1) is 24.6. The molecule has 0 spiro atoms. The third kappa shape index (κ3) is 5.30. The Kier molecular flexibility index (Phi) is 6.88. The lowest BCUT2D eigenvalue weighted by atomic mass is 10.1. The van der Waals surface area contributed by atoms with E-state index in [1.54, 1.807) is 0 Å². The molecule has 0 N–H and O–H groups in total. The second-order valence-electron chi connectivity index (χ2n) is 10.1. The van der Waals surface area contributed by atoms with Crippen molar-refractivity contribution in [1.29, 1.82) is 0 Å². The predicted octanol–water partition coefficient (Wildman–Crippen LogP) is 8.06. The standard InChI is InChI=1S/C36H32N3/c1-27-13-11-19-31(23-27)38(25-29-15-5-3-6-16-29)35-33-21-9-10-22-34(33)36(37-35)39(26-30-17-7-4-8-18-30)32-20-12-14-28(2)24-32/h3-24H,25-26H2,1-2H3/q+1. The average molecular weight is 507 g/mol. The average Bonchev–Trinajstić information content (AvgIpc) is 3.35. The van der Waals surface area contributed by atoms with E-state index in [1.807, 2.05) is 0 Å². The maximum atomic E-state index is 5.45.